The van der Waals surface area contributed by atoms with Crippen LogP contribution in [0.3, 0.4) is 0 Å². The van der Waals surface area contributed by atoms with Crippen molar-refractivity contribution in [3.63, 3.8) is 0 Å². The Labute approximate surface area is 162 Å². The number of ether oxygens (including phenoxy) is 1. The Morgan fingerprint density at radius 3 is 2.77 bits per heavy atom. The molecule has 2 aromatic heterocycles. The van der Waals surface area contributed by atoms with Crippen molar-refractivity contribution in [1.29, 1.82) is 0 Å². The van der Waals surface area contributed by atoms with E-state index in [1.807, 2.05) is 19.2 Å². The molecule has 0 radical (unpaired) electrons. The second kappa shape index (κ2) is 7.92. The number of nitrogens with one attached hydrogen (secondary N) is 1. The van der Waals surface area contributed by atoms with E-state index < -0.39 is 0 Å². The number of carbonyl (C=O) groups is 2. The average Bonchev–Trinajstić information content (AvgIpc) is 3.15. The van der Waals surface area contributed by atoms with Crippen LogP contribution in [0, 0.1) is 19.8 Å². The largest absolute Gasteiger partial charge is 0.462 e. The predicted molar refractivity (Wildman–Crippen MR) is 108 cm³/mol. The summed E-state index contributed by atoms with van der Waals surface area (Å²) >= 11 is 3.12. The number of aryl methyl sites for hydroxylation is 1. The molecule has 1 amide bonds. The lowest BCUT2D eigenvalue weighted by molar-refractivity contribution is 0.0527. The Balaban J connectivity index is 1.85. The minimum atomic E-state index is -0.372. The van der Waals surface area contributed by atoms with E-state index in [9.17, 15) is 9.59 Å². The zero-order valence-corrected chi connectivity index (χ0v) is 17.4. The van der Waals surface area contributed by atoms with Gasteiger partial charge in [-0.15, -0.1) is 22.7 Å². The van der Waals surface area contributed by atoms with Crippen molar-refractivity contribution >= 4 is 39.6 Å². The van der Waals surface area contributed by atoms with Crippen molar-refractivity contribution < 1.29 is 14.3 Å². The molecule has 2 aromatic rings. The highest BCUT2D eigenvalue weighted by molar-refractivity contribution is 7.17. The van der Waals surface area contributed by atoms with Crippen LogP contribution in [0.1, 0.15) is 68.3 Å². The van der Waals surface area contributed by atoms with Gasteiger partial charge in [-0.05, 0) is 57.1 Å². The highest BCUT2D eigenvalue weighted by Crippen LogP contribution is 2.36. The number of amides is 1. The third-order valence-electron chi connectivity index (χ3n) is 5.17. The average molecular weight is 392 g/mol. The molecule has 6 heteroatoms. The maximum atomic E-state index is 12.9. The van der Waals surface area contributed by atoms with Crippen LogP contribution in [-0.2, 0) is 17.6 Å². The van der Waals surface area contributed by atoms with Gasteiger partial charge in [0.15, 0.2) is 0 Å². The van der Waals surface area contributed by atoms with E-state index in [4.69, 9.17) is 4.74 Å². The van der Waals surface area contributed by atoms with Crippen molar-refractivity contribution in [2.24, 2.45) is 5.92 Å². The van der Waals surface area contributed by atoms with Crippen LogP contribution >= 0.6 is 22.7 Å². The molecule has 0 spiro atoms. The van der Waals surface area contributed by atoms with Gasteiger partial charge in [0, 0.05) is 15.1 Å². The van der Waals surface area contributed by atoms with Crippen LogP contribution in [0.25, 0.3) is 0 Å². The molecule has 2 heterocycles. The molecule has 26 heavy (non-hydrogen) atoms. The van der Waals surface area contributed by atoms with Gasteiger partial charge < -0.3 is 10.1 Å². The van der Waals surface area contributed by atoms with Gasteiger partial charge in [-0.3, -0.25) is 4.79 Å². The van der Waals surface area contributed by atoms with E-state index >= 15 is 0 Å². The number of carbonyl (C=O) groups excluding carboxylic acids is 2. The number of thiophene rings is 2. The lowest BCUT2D eigenvalue weighted by atomic mass is 9.86. The molecule has 0 aromatic carbocycles. The van der Waals surface area contributed by atoms with Crippen LogP contribution in [0.15, 0.2) is 5.38 Å². The molecule has 1 aliphatic rings. The van der Waals surface area contributed by atoms with Gasteiger partial charge in [0.25, 0.3) is 5.91 Å². The molecular weight excluding hydrogens is 366 g/mol. The molecule has 0 fully saturated rings. The lowest BCUT2D eigenvalue weighted by Gasteiger charge is -2.21. The molecular formula is C20H25NO3S2. The van der Waals surface area contributed by atoms with E-state index in [0.717, 1.165) is 41.2 Å². The maximum absolute atomic E-state index is 12.9. The minimum absolute atomic E-state index is 0.121. The van der Waals surface area contributed by atoms with E-state index in [2.05, 4.69) is 12.2 Å². The first-order valence-electron chi connectivity index (χ1n) is 9.13. The third kappa shape index (κ3) is 3.58. The van der Waals surface area contributed by atoms with Gasteiger partial charge in [0.2, 0.25) is 0 Å². The first kappa shape index (κ1) is 19.1. The lowest BCUT2D eigenvalue weighted by Crippen LogP contribution is -2.18. The summed E-state index contributed by atoms with van der Waals surface area (Å²) in [7, 11) is 0. The van der Waals surface area contributed by atoms with Crippen molar-refractivity contribution in [1.82, 2.24) is 0 Å². The van der Waals surface area contributed by atoms with Crippen LogP contribution < -0.4 is 5.32 Å². The van der Waals surface area contributed by atoms with Crippen LogP contribution in [0.5, 0.6) is 0 Å². The monoisotopic (exact) mass is 391 g/mol. The smallest absolute Gasteiger partial charge is 0.341 e. The zero-order chi connectivity index (χ0) is 18.8. The molecule has 1 atom stereocenters. The normalized spacial score (nSPS) is 16.2. The fourth-order valence-electron chi connectivity index (χ4n) is 3.45. The fraction of sp³-hybridized carbons (Fsp3) is 0.500. The van der Waals surface area contributed by atoms with Crippen molar-refractivity contribution in [3.05, 3.63) is 37.4 Å². The van der Waals surface area contributed by atoms with Gasteiger partial charge in [0.05, 0.1) is 17.7 Å². The third-order valence-corrected chi connectivity index (χ3v) is 7.35. The molecule has 1 aliphatic carbocycles. The predicted octanol–water partition coefficient (Wildman–Crippen LogP) is 5.37. The quantitative estimate of drug-likeness (QED) is 0.697. The Kier molecular flexibility index (Phi) is 5.82. The number of hydrogen-bond donors (Lipinski definition) is 1. The van der Waals surface area contributed by atoms with E-state index in [1.54, 1.807) is 18.3 Å². The second-order valence-corrected chi connectivity index (χ2v) is 8.92. The van der Waals surface area contributed by atoms with E-state index in [0.29, 0.717) is 17.2 Å². The SMILES string of the molecule is CCOC(=O)c1c(NC(=O)c2csc3c2CCC(CC)C3)sc(C)c1C. The Hall–Kier alpha value is -1.66. The van der Waals surface area contributed by atoms with Gasteiger partial charge in [-0.2, -0.15) is 0 Å². The summed E-state index contributed by atoms with van der Waals surface area (Å²) in [6, 6.07) is 0. The fourth-order valence-corrected chi connectivity index (χ4v) is 5.69. The summed E-state index contributed by atoms with van der Waals surface area (Å²) in [5.74, 6) is 0.238. The van der Waals surface area contributed by atoms with Gasteiger partial charge in [-0.1, -0.05) is 13.3 Å². The van der Waals surface area contributed by atoms with Crippen LogP contribution in [-0.4, -0.2) is 18.5 Å². The highest BCUT2D eigenvalue weighted by Gasteiger charge is 2.27. The molecule has 0 saturated heterocycles. The van der Waals surface area contributed by atoms with Crippen LogP contribution in [0.2, 0.25) is 0 Å². The summed E-state index contributed by atoms with van der Waals surface area (Å²) in [6.45, 7) is 8.18. The number of anilines is 1. The van der Waals surface area contributed by atoms with Crippen molar-refractivity contribution in [2.45, 2.75) is 53.4 Å². The minimum Gasteiger partial charge on any atom is -0.462 e. The standard InChI is InChI=1S/C20H25NO3S2/c1-5-13-7-8-14-15(10-25-16(14)9-13)18(22)21-19-17(20(23)24-6-2)11(3)12(4)26-19/h10,13H,5-9H2,1-4H3,(H,21,22). The highest BCUT2D eigenvalue weighted by atomic mass is 32.1. The Morgan fingerprint density at radius 2 is 2.08 bits per heavy atom. The molecule has 0 aliphatic heterocycles. The topological polar surface area (TPSA) is 55.4 Å². The van der Waals surface area contributed by atoms with Crippen LogP contribution in [0.4, 0.5) is 5.00 Å². The van der Waals surface area contributed by atoms with E-state index in [-0.39, 0.29) is 11.9 Å². The molecule has 0 bridgehead atoms. The maximum Gasteiger partial charge on any atom is 0.341 e. The first-order valence-corrected chi connectivity index (χ1v) is 10.8. The van der Waals surface area contributed by atoms with Crippen molar-refractivity contribution in [3.8, 4) is 0 Å². The first-order chi connectivity index (χ1) is 12.5. The molecule has 4 nitrogen and oxygen atoms in total. The Bertz CT molecular complexity index is 834. The summed E-state index contributed by atoms with van der Waals surface area (Å²) in [5, 5.41) is 5.53. The van der Waals surface area contributed by atoms with Gasteiger partial charge in [-0.25, -0.2) is 4.79 Å². The summed E-state index contributed by atoms with van der Waals surface area (Å²) in [5.41, 5.74) is 3.32. The second-order valence-electron chi connectivity index (χ2n) is 6.73. The van der Waals surface area contributed by atoms with Gasteiger partial charge >= 0.3 is 5.97 Å². The molecule has 140 valence electrons. The van der Waals surface area contributed by atoms with Gasteiger partial charge in [0.1, 0.15) is 5.00 Å². The van der Waals surface area contributed by atoms with Crippen molar-refractivity contribution in [2.75, 3.05) is 11.9 Å². The number of fused-ring (bicyclic) bond motifs is 1. The summed E-state index contributed by atoms with van der Waals surface area (Å²) in [6.07, 6.45) is 4.38. The Morgan fingerprint density at radius 1 is 1.31 bits per heavy atom. The molecule has 3 rings (SSSR count). The molecule has 1 N–H and O–H groups in total. The number of hydrogen-bond acceptors (Lipinski definition) is 5. The molecule has 1 unspecified atom stereocenters. The summed E-state index contributed by atoms with van der Waals surface area (Å²) < 4.78 is 5.17. The zero-order valence-electron chi connectivity index (χ0n) is 15.7. The number of esters is 1. The number of rotatable bonds is 5. The summed E-state index contributed by atoms with van der Waals surface area (Å²) in [4.78, 5) is 27.6. The van der Waals surface area contributed by atoms with E-state index in [1.165, 1.54) is 28.2 Å². The molecule has 0 saturated carbocycles.